The van der Waals surface area contributed by atoms with E-state index < -0.39 is 5.91 Å². The SMILES string of the molecule is CC(=O)N1CCN(c2ccc(NC(=O)c3nnc(Nc4cccc(Cl)c4)o3)cc2)CC1. The molecule has 0 spiro atoms. The largest absolute Gasteiger partial charge is 0.399 e. The van der Waals surface area contributed by atoms with Gasteiger partial charge in [0, 0.05) is 55.2 Å². The van der Waals surface area contributed by atoms with Gasteiger partial charge in [0.15, 0.2) is 0 Å². The summed E-state index contributed by atoms with van der Waals surface area (Å²) in [6.45, 7) is 4.55. The zero-order valence-corrected chi connectivity index (χ0v) is 17.6. The minimum absolute atomic E-state index is 0.0902. The van der Waals surface area contributed by atoms with Gasteiger partial charge >= 0.3 is 17.8 Å². The number of benzene rings is 2. The van der Waals surface area contributed by atoms with Crippen molar-refractivity contribution in [2.75, 3.05) is 41.7 Å². The number of rotatable bonds is 5. The van der Waals surface area contributed by atoms with Gasteiger partial charge in [-0.1, -0.05) is 22.8 Å². The van der Waals surface area contributed by atoms with Crippen molar-refractivity contribution >= 4 is 46.5 Å². The molecule has 1 fully saturated rings. The van der Waals surface area contributed by atoms with Gasteiger partial charge < -0.3 is 24.9 Å². The topological polar surface area (TPSA) is 104 Å². The van der Waals surface area contributed by atoms with Crippen LogP contribution < -0.4 is 15.5 Å². The summed E-state index contributed by atoms with van der Waals surface area (Å²) in [6, 6.07) is 14.6. The Morgan fingerprint density at radius 3 is 2.42 bits per heavy atom. The second-order valence-corrected chi connectivity index (χ2v) is 7.48. The van der Waals surface area contributed by atoms with Gasteiger partial charge in [0.1, 0.15) is 0 Å². The number of piperazine rings is 1. The van der Waals surface area contributed by atoms with Gasteiger partial charge in [-0.25, -0.2) is 0 Å². The van der Waals surface area contributed by atoms with E-state index in [9.17, 15) is 9.59 Å². The van der Waals surface area contributed by atoms with Gasteiger partial charge in [0.2, 0.25) is 5.91 Å². The first-order valence-electron chi connectivity index (χ1n) is 9.76. The third-order valence-corrected chi connectivity index (χ3v) is 5.15. The molecule has 2 heterocycles. The number of carbonyl (C=O) groups is 2. The number of amides is 2. The number of carbonyl (C=O) groups excluding carboxylic acids is 2. The molecule has 4 rings (SSSR count). The van der Waals surface area contributed by atoms with Gasteiger partial charge in [0.25, 0.3) is 0 Å². The van der Waals surface area contributed by atoms with Crippen molar-refractivity contribution in [1.82, 2.24) is 15.1 Å². The Balaban J connectivity index is 1.34. The number of aromatic nitrogens is 2. The van der Waals surface area contributed by atoms with Crippen LogP contribution in [0.25, 0.3) is 0 Å². The van der Waals surface area contributed by atoms with E-state index in [-0.39, 0.29) is 17.8 Å². The molecule has 160 valence electrons. The van der Waals surface area contributed by atoms with Crippen LogP contribution in [-0.2, 0) is 4.79 Å². The Kier molecular flexibility index (Phi) is 6.03. The van der Waals surface area contributed by atoms with Crippen molar-refractivity contribution in [3.63, 3.8) is 0 Å². The van der Waals surface area contributed by atoms with Crippen LogP contribution in [0.15, 0.2) is 52.9 Å². The number of hydrogen-bond acceptors (Lipinski definition) is 7. The molecule has 9 nitrogen and oxygen atoms in total. The van der Waals surface area contributed by atoms with Crippen molar-refractivity contribution in [3.8, 4) is 0 Å². The first-order valence-corrected chi connectivity index (χ1v) is 10.1. The number of nitrogens with one attached hydrogen (secondary N) is 2. The third-order valence-electron chi connectivity index (χ3n) is 4.91. The summed E-state index contributed by atoms with van der Waals surface area (Å²) in [5, 5.41) is 13.8. The normalized spacial score (nSPS) is 13.7. The molecule has 1 aromatic heterocycles. The summed E-state index contributed by atoms with van der Waals surface area (Å²) in [5.74, 6) is -0.562. The molecular formula is C21H21ClN6O3. The highest BCUT2D eigenvalue weighted by Crippen LogP contribution is 2.21. The Hall–Kier alpha value is -3.59. The fourth-order valence-corrected chi connectivity index (χ4v) is 3.47. The second-order valence-electron chi connectivity index (χ2n) is 7.04. The first kappa shape index (κ1) is 20.7. The fourth-order valence-electron chi connectivity index (χ4n) is 3.27. The van der Waals surface area contributed by atoms with E-state index in [0.29, 0.717) is 29.5 Å². The van der Waals surface area contributed by atoms with Crippen LogP contribution in [0.1, 0.15) is 17.6 Å². The van der Waals surface area contributed by atoms with Crippen LogP contribution in [0.3, 0.4) is 0 Å². The van der Waals surface area contributed by atoms with Crippen LogP contribution in [0.4, 0.5) is 23.1 Å². The summed E-state index contributed by atoms with van der Waals surface area (Å²) in [6.07, 6.45) is 0. The van der Waals surface area contributed by atoms with Crippen LogP contribution in [0.5, 0.6) is 0 Å². The Bertz CT molecular complexity index is 1080. The average molecular weight is 441 g/mol. The molecule has 0 saturated carbocycles. The van der Waals surface area contributed by atoms with Crippen molar-refractivity contribution < 1.29 is 14.0 Å². The molecule has 3 aromatic rings. The molecule has 10 heteroatoms. The summed E-state index contributed by atoms with van der Waals surface area (Å²) in [4.78, 5) is 27.9. The maximum atomic E-state index is 12.4. The molecule has 1 aliphatic heterocycles. The molecule has 1 aliphatic rings. The zero-order chi connectivity index (χ0) is 21.8. The van der Waals surface area contributed by atoms with Crippen molar-refractivity contribution in [3.05, 3.63) is 59.4 Å². The maximum Gasteiger partial charge on any atom is 0.320 e. The van der Waals surface area contributed by atoms with E-state index in [1.54, 1.807) is 31.2 Å². The van der Waals surface area contributed by atoms with Gasteiger partial charge in [-0.3, -0.25) is 9.59 Å². The Morgan fingerprint density at radius 2 is 1.74 bits per heavy atom. The molecule has 2 N–H and O–H groups in total. The molecule has 2 aromatic carbocycles. The molecule has 0 atom stereocenters. The van der Waals surface area contributed by atoms with Crippen molar-refractivity contribution in [1.29, 1.82) is 0 Å². The van der Waals surface area contributed by atoms with Crippen LogP contribution in [-0.4, -0.2) is 53.1 Å². The summed E-state index contributed by atoms with van der Waals surface area (Å²) in [5.41, 5.74) is 2.31. The second kappa shape index (κ2) is 9.05. The lowest BCUT2D eigenvalue weighted by molar-refractivity contribution is -0.129. The minimum atomic E-state index is -0.505. The number of anilines is 4. The van der Waals surface area contributed by atoms with Gasteiger partial charge in [0.05, 0.1) is 0 Å². The predicted molar refractivity (Wildman–Crippen MR) is 118 cm³/mol. The summed E-state index contributed by atoms with van der Waals surface area (Å²) in [7, 11) is 0. The predicted octanol–water partition coefficient (Wildman–Crippen LogP) is 3.39. The van der Waals surface area contributed by atoms with Gasteiger partial charge in [-0.05, 0) is 42.5 Å². The number of hydrogen-bond donors (Lipinski definition) is 2. The first-order chi connectivity index (χ1) is 15.0. The smallest absolute Gasteiger partial charge is 0.320 e. The van der Waals surface area contributed by atoms with Crippen LogP contribution in [0.2, 0.25) is 5.02 Å². The lowest BCUT2D eigenvalue weighted by Gasteiger charge is -2.35. The molecule has 0 radical (unpaired) electrons. The van der Waals surface area contributed by atoms with Crippen molar-refractivity contribution in [2.45, 2.75) is 6.92 Å². The van der Waals surface area contributed by atoms with E-state index in [0.717, 1.165) is 18.8 Å². The zero-order valence-electron chi connectivity index (χ0n) is 16.8. The molecule has 31 heavy (non-hydrogen) atoms. The van der Waals surface area contributed by atoms with Gasteiger partial charge in [-0.15, -0.1) is 5.10 Å². The molecule has 0 unspecified atom stereocenters. The van der Waals surface area contributed by atoms with E-state index in [1.807, 2.05) is 29.2 Å². The fraction of sp³-hybridized carbons (Fsp3) is 0.238. The lowest BCUT2D eigenvalue weighted by atomic mass is 10.2. The van der Waals surface area contributed by atoms with Crippen LogP contribution in [0, 0.1) is 0 Å². The lowest BCUT2D eigenvalue weighted by Crippen LogP contribution is -2.48. The van der Waals surface area contributed by atoms with Gasteiger partial charge in [-0.2, -0.15) is 0 Å². The molecule has 0 aliphatic carbocycles. The number of nitrogens with zero attached hydrogens (tertiary/aromatic N) is 4. The summed E-state index contributed by atoms with van der Waals surface area (Å²) < 4.78 is 5.38. The highest BCUT2D eigenvalue weighted by Gasteiger charge is 2.19. The molecule has 0 bridgehead atoms. The standard InChI is InChI=1S/C21H21ClN6O3/c1-14(29)27-9-11-28(12-10-27)18-7-5-16(6-8-18)23-19(30)20-25-26-21(31-20)24-17-4-2-3-15(22)13-17/h2-8,13H,9-12H2,1H3,(H,23,30)(H,24,26). The number of halogens is 1. The Labute approximate surface area is 184 Å². The van der Waals surface area contributed by atoms with E-state index in [1.165, 1.54) is 0 Å². The van der Waals surface area contributed by atoms with E-state index in [4.69, 9.17) is 16.0 Å². The average Bonchev–Trinajstić information content (AvgIpc) is 3.23. The van der Waals surface area contributed by atoms with Crippen LogP contribution >= 0.6 is 11.6 Å². The third kappa shape index (κ3) is 5.13. The summed E-state index contributed by atoms with van der Waals surface area (Å²) >= 11 is 5.95. The monoisotopic (exact) mass is 440 g/mol. The quantitative estimate of drug-likeness (QED) is 0.626. The maximum absolute atomic E-state index is 12.4. The molecule has 1 saturated heterocycles. The molecular weight excluding hydrogens is 420 g/mol. The highest BCUT2D eigenvalue weighted by atomic mass is 35.5. The Morgan fingerprint density at radius 1 is 1.00 bits per heavy atom. The van der Waals surface area contributed by atoms with E-state index in [2.05, 4.69) is 25.7 Å². The molecule has 2 amide bonds. The van der Waals surface area contributed by atoms with E-state index >= 15 is 0 Å². The van der Waals surface area contributed by atoms with Crippen molar-refractivity contribution in [2.24, 2.45) is 0 Å². The minimum Gasteiger partial charge on any atom is -0.399 e. The highest BCUT2D eigenvalue weighted by molar-refractivity contribution is 6.30.